The van der Waals surface area contributed by atoms with Crippen molar-refractivity contribution in [2.24, 2.45) is 0 Å². The molecule has 0 bridgehead atoms. The van der Waals surface area contributed by atoms with Gasteiger partial charge in [0.25, 0.3) is 0 Å². The SMILES string of the molecule is CC(O)CNc1nc(NCC(O)O)c(C#N)c2c1CN(Cc1ccccc1)CC2. The van der Waals surface area contributed by atoms with Gasteiger partial charge in [-0.15, -0.1) is 0 Å². The van der Waals surface area contributed by atoms with E-state index in [4.69, 9.17) is 10.2 Å². The molecule has 2 aromatic rings. The van der Waals surface area contributed by atoms with Gasteiger partial charge < -0.3 is 26.0 Å². The van der Waals surface area contributed by atoms with Crippen molar-refractivity contribution in [1.29, 1.82) is 5.26 Å². The van der Waals surface area contributed by atoms with Crippen molar-refractivity contribution in [2.75, 3.05) is 30.3 Å². The third kappa shape index (κ3) is 5.43. The molecule has 2 heterocycles. The summed E-state index contributed by atoms with van der Waals surface area (Å²) in [6.45, 7) is 4.12. The van der Waals surface area contributed by atoms with Crippen molar-refractivity contribution >= 4 is 11.6 Å². The molecule has 0 saturated carbocycles. The van der Waals surface area contributed by atoms with Crippen LogP contribution in [-0.4, -0.2) is 57.2 Å². The second kappa shape index (κ2) is 9.67. The lowest BCUT2D eigenvalue weighted by molar-refractivity contribution is -0.0276. The number of fused-ring (bicyclic) bond motifs is 1. The lowest BCUT2D eigenvalue weighted by Gasteiger charge is -2.31. The van der Waals surface area contributed by atoms with Gasteiger partial charge >= 0.3 is 0 Å². The lowest BCUT2D eigenvalue weighted by Crippen LogP contribution is -2.32. The number of benzene rings is 1. The van der Waals surface area contributed by atoms with Gasteiger partial charge in [0.2, 0.25) is 0 Å². The molecule has 0 saturated heterocycles. The second-order valence-corrected chi connectivity index (χ2v) is 7.29. The van der Waals surface area contributed by atoms with Crippen LogP contribution in [0.5, 0.6) is 0 Å². The monoisotopic (exact) mass is 397 g/mol. The summed E-state index contributed by atoms with van der Waals surface area (Å²) in [5.41, 5.74) is 3.51. The fourth-order valence-electron chi connectivity index (χ4n) is 3.49. The van der Waals surface area contributed by atoms with Crippen LogP contribution >= 0.6 is 0 Å². The van der Waals surface area contributed by atoms with Gasteiger partial charge in [-0.1, -0.05) is 30.3 Å². The first-order chi connectivity index (χ1) is 14.0. The highest BCUT2D eigenvalue weighted by molar-refractivity contribution is 5.66. The normalized spacial score (nSPS) is 14.9. The second-order valence-electron chi connectivity index (χ2n) is 7.29. The number of nitrogens with one attached hydrogen (secondary N) is 2. The summed E-state index contributed by atoms with van der Waals surface area (Å²) in [7, 11) is 0. The van der Waals surface area contributed by atoms with Crippen molar-refractivity contribution < 1.29 is 15.3 Å². The maximum Gasteiger partial charge on any atom is 0.169 e. The van der Waals surface area contributed by atoms with Gasteiger partial charge in [-0.3, -0.25) is 4.90 Å². The van der Waals surface area contributed by atoms with E-state index in [2.05, 4.69) is 38.7 Å². The summed E-state index contributed by atoms with van der Waals surface area (Å²) in [6.07, 6.45) is -1.41. The van der Waals surface area contributed by atoms with E-state index in [1.807, 2.05) is 18.2 Å². The maximum atomic E-state index is 9.72. The summed E-state index contributed by atoms with van der Waals surface area (Å²) >= 11 is 0. The highest BCUT2D eigenvalue weighted by Gasteiger charge is 2.26. The van der Waals surface area contributed by atoms with Gasteiger partial charge in [-0.05, 0) is 24.5 Å². The molecule has 0 aliphatic carbocycles. The summed E-state index contributed by atoms with van der Waals surface area (Å²) in [4.78, 5) is 6.84. The number of nitrogens with zero attached hydrogens (tertiary/aromatic N) is 3. The molecule has 1 aromatic heterocycles. The predicted octanol–water partition coefficient (Wildman–Crippen LogP) is 1.03. The third-order valence-electron chi connectivity index (χ3n) is 4.85. The zero-order valence-electron chi connectivity index (χ0n) is 16.5. The standard InChI is InChI=1S/C21H27N5O3/c1-14(27)10-23-21-18-13-26(12-15-5-3-2-4-6-15)8-7-16(18)17(9-22)20(25-21)24-11-19(28)29/h2-6,14,19,27-29H,7-8,10-13H2,1H3,(H2,23,24,25). The smallest absolute Gasteiger partial charge is 0.169 e. The Balaban J connectivity index is 1.91. The molecule has 29 heavy (non-hydrogen) atoms. The van der Waals surface area contributed by atoms with E-state index in [0.717, 1.165) is 24.2 Å². The van der Waals surface area contributed by atoms with Gasteiger partial charge in [0.1, 0.15) is 17.7 Å². The molecule has 0 fully saturated rings. The van der Waals surface area contributed by atoms with E-state index in [0.29, 0.717) is 36.7 Å². The summed E-state index contributed by atoms with van der Waals surface area (Å²) < 4.78 is 0. The van der Waals surface area contributed by atoms with Crippen LogP contribution in [-0.2, 0) is 19.5 Å². The Morgan fingerprint density at radius 1 is 1.10 bits per heavy atom. The fourth-order valence-corrected chi connectivity index (χ4v) is 3.49. The molecular weight excluding hydrogens is 370 g/mol. The topological polar surface area (TPSA) is 125 Å². The van der Waals surface area contributed by atoms with Crippen molar-refractivity contribution in [2.45, 2.75) is 38.8 Å². The number of aromatic nitrogens is 1. The molecule has 3 rings (SSSR count). The number of aliphatic hydroxyl groups is 3. The fraction of sp³-hybridized carbons (Fsp3) is 0.429. The Kier molecular flexibility index (Phi) is 7.01. The molecule has 1 atom stereocenters. The van der Waals surface area contributed by atoms with Crippen molar-refractivity contribution in [3.05, 3.63) is 52.6 Å². The van der Waals surface area contributed by atoms with Crippen LogP contribution in [0.25, 0.3) is 0 Å². The van der Waals surface area contributed by atoms with Crippen molar-refractivity contribution in [3.63, 3.8) is 0 Å². The van der Waals surface area contributed by atoms with Crippen molar-refractivity contribution in [1.82, 2.24) is 9.88 Å². The largest absolute Gasteiger partial charge is 0.392 e. The third-order valence-corrected chi connectivity index (χ3v) is 4.85. The van der Waals surface area contributed by atoms with Gasteiger partial charge in [-0.2, -0.15) is 5.26 Å². The number of pyridine rings is 1. The van der Waals surface area contributed by atoms with E-state index in [-0.39, 0.29) is 6.54 Å². The first kappa shape index (κ1) is 21.0. The minimum Gasteiger partial charge on any atom is -0.392 e. The molecule has 8 heteroatoms. The van der Waals surface area contributed by atoms with E-state index in [1.165, 1.54) is 5.56 Å². The molecule has 0 spiro atoms. The summed E-state index contributed by atoms with van der Waals surface area (Å²) in [6, 6.07) is 12.4. The predicted molar refractivity (Wildman–Crippen MR) is 110 cm³/mol. The molecule has 1 aliphatic rings. The van der Waals surface area contributed by atoms with Crippen LogP contribution < -0.4 is 10.6 Å². The Morgan fingerprint density at radius 3 is 2.48 bits per heavy atom. The van der Waals surface area contributed by atoms with Crippen LogP contribution in [0, 0.1) is 11.3 Å². The zero-order chi connectivity index (χ0) is 20.8. The number of rotatable bonds is 8. The molecule has 1 unspecified atom stereocenters. The summed E-state index contributed by atoms with van der Waals surface area (Å²) in [5, 5.41) is 43.7. The van der Waals surface area contributed by atoms with Crippen LogP contribution in [0.3, 0.4) is 0 Å². The molecule has 0 radical (unpaired) electrons. The Morgan fingerprint density at radius 2 is 1.83 bits per heavy atom. The highest BCUT2D eigenvalue weighted by atomic mass is 16.5. The average Bonchev–Trinajstić information content (AvgIpc) is 2.71. The van der Waals surface area contributed by atoms with E-state index in [1.54, 1.807) is 6.92 Å². The number of nitriles is 1. The highest BCUT2D eigenvalue weighted by Crippen LogP contribution is 2.32. The Labute approximate surface area is 170 Å². The van der Waals surface area contributed by atoms with Crippen LogP contribution in [0.1, 0.15) is 29.2 Å². The molecular formula is C21H27N5O3. The summed E-state index contributed by atoms with van der Waals surface area (Å²) in [5.74, 6) is 0.927. The molecule has 8 nitrogen and oxygen atoms in total. The van der Waals surface area contributed by atoms with E-state index < -0.39 is 12.4 Å². The van der Waals surface area contributed by atoms with Crippen LogP contribution in [0.15, 0.2) is 30.3 Å². The molecule has 1 aromatic carbocycles. The van der Waals surface area contributed by atoms with Crippen molar-refractivity contribution in [3.8, 4) is 6.07 Å². The Bertz CT molecular complexity index is 865. The van der Waals surface area contributed by atoms with Gasteiger partial charge in [-0.25, -0.2) is 4.98 Å². The zero-order valence-corrected chi connectivity index (χ0v) is 16.5. The van der Waals surface area contributed by atoms with Crippen LogP contribution in [0.2, 0.25) is 0 Å². The lowest BCUT2D eigenvalue weighted by atomic mass is 9.95. The molecule has 1 aliphatic heterocycles. The number of hydrogen-bond donors (Lipinski definition) is 5. The minimum atomic E-state index is -1.55. The minimum absolute atomic E-state index is 0.129. The van der Waals surface area contributed by atoms with Gasteiger partial charge in [0, 0.05) is 31.7 Å². The Hall–Kier alpha value is -2.70. The molecule has 154 valence electrons. The average molecular weight is 397 g/mol. The number of aliphatic hydroxyl groups excluding tert-OH is 2. The molecule has 0 amide bonds. The molecule has 5 N–H and O–H groups in total. The number of hydrogen-bond acceptors (Lipinski definition) is 8. The van der Waals surface area contributed by atoms with Gasteiger partial charge in [0.15, 0.2) is 6.29 Å². The van der Waals surface area contributed by atoms with E-state index in [9.17, 15) is 10.4 Å². The van der Waals surface area contributed by atoms with Crippen LogP contribution in [0.4, 0.5) is 11.6 Å². The first-order valence-corrected chi connectivity index (χ1v) is 9.72. The number of anilines is 2. The van der Waals surface area contributed by atoms with E-state index >= 15 is 0 Å². The maximum absolute atomic E-state index is 9.72. The first-order valence-electron chi connectivity index (χ1n) is 9.72. The quantitative estimate of drug-likeness (QED) is 0.418. The van der Waals surface area contributed by atoms with Gasteiger partial charge in [0.05, 0.1) is 18.2 Å².